The van der Waals surface area contributed by atoms with E-state index in [1.807, 2.05) is 39.0 Å². The molecule has 144 valence electrons. The zero-order valence-corrected chi connectivity index (χ0v) is 16.8. The van der Waals surface area contributed by atoms with E-state index < -0.39 is 10.0 Å². The first-order valence-corrected chi connectivity index (χ1v) is 10.7. The molecule has 0 unspecified atom stereocenters. The maximum atomic E-state index is 12.9. The molecule has 0 bridgehead atoms. The summed E-state index contributed by atoms with van der Waals surface area (Å²) in [6.45, 7) is 6.40. The van der Waals surface area contributed by atoms with Gasteiger partial charge in [0.1, 0.15) is 0 Å². The lowest BCUT2D eigenvalue weighted by Gasteiger charge is -2.32. The zero-order valence-electron chi connectivity index (χ0n) is 16.0. The summed E-state index contributed by atoms with van der Waals surface area (Å²) in [7, 11) is -3.52. The van der Waals surface area contributed by atoms with Crippen molar-refractivity contribution in [2.45, 2.75) is 51.0 Å². The van der Waals surface area contributed by atoms with E-state index in [0.717, 1.165) is 36.1 Å². The van der Waals surface area contributed by atoms with Crippen molar-refractivity contribution in [2.75, 3.05) is 11.9 Å². The summed E-state index contributed by atoms with van der Waals surface area (Å²) >= 11 is 0. The Kier molecular flexibility index (Phi) is 5.67. The van der Waals surface area contributed by atoms with Crippen molar-refractivity contribution in [1.29, 1.82) is 0 Å². The molecule has 1 saturated heterocycles. The molecule has 1 N–H and O–H groups in total. The van der Waals surface area contributed by atoms with Crippen molar-refractivity contribution in [1.82, 2.24) is 4.31 Å². The second-order valence-electron chi connectivity index (χ2n) is 7.26. The van der Waals surface area contributed by atoms with Crippen molar-refractivity contribution < 1.29 is 13.2 Å². The van der Waals surface area contributed by atoms with Crippen LogP contribution in [-0.2, 0) is 10.0 Å². The van der Waals surface area contributed by atoms with Crippen LogP contribution in [0.15, 0.2) is 47.4 Å². The molecule has 3 rings (SSSR count). The van der Waals surface area contributed by atoms with E-state index in [0.29, 0.717) is 12.1 Å². The van der Waals surface area contributed by atoms with Crippen LogP contribution in [0.2, 0.25) is 0 Å². The number of hydrogen-bond acceptors (Lipinski definition) is 3. The molecule has 1 aliphatic heterocycles. The number of carbonyl (C=O) groups excluding carboxylic acids is 1. The van der Waals surface area contributed by atoms with Gasteiger partial charge in [-0.05, 0) is 75.1 Å². The highest BCUT2D eigenvalue weighted by atomic mass is 32.2. The maximum absolute atomic E-state index is 12.9. The van der Waals surface area contributed by atoms with Crippen LogP contribution >= 0.6 is 0 Å². The third-order valence-electron chi connectivity index (χ3n) is 5.11. The lowest BCUT2D eigenvalue weighted by atomic mass is 10.1. The normalized spacial score (nSPS) is 18.3. The van der Waals surface area contributed by atoms with Crippen LogP contribution in [0, 0.1) is 13.8 Å². The molecule has 0 radical (unpaired) electrons. The van der Waals surface area contributed by atoms with Crippen LogP contribution in [0.25, 0.3) is 0 Å². The van der Waals surface area contributed by atoms with Gasteiger partial charge in [0.15, 0.2) is 0 Å². The number of rotatable bonds is 4. The van der Waals surface area contributed by atoms with Crippen molar-refractivity contribution >= 4 is 21.6 Å². The van der Waals surface area contributed by atoms with Crippen LogP contribution in [0.4, 0.5) is 5.69 Å². The number of aryl methyl sites for hydroxylation is 2. The lowest BCUT2D eigenvalue weighted by Crippen LogP contribution is -2.41. The molecule has 6 heteroatoms. The van der Waals surface area contributed by atoms with E-state index in [9.17, 15) is 13.2 Å². The van der Waals surface area contributed by atoms with Gasteiger partial charge in [0, 0.05) is 23.8 Å². The van der Waals surface area contributed by atoms with Crippen molar-refractivity contribution in [3.8, 4) is 0 Å². The first-order valence-electron chi connectivity index (χ1n) is 9.29. The first-order chi connectivity index (χ1) is 12.8. The van der Waals surface area contributed by atoms with E-state index in [2.05, 4.69) is 5.32 Å². The molecule has 0 spiro atoms. The Balaban J connectivity index is 1.78. The number of hydrogen-bond donors (Lipinski definition) is 1. The Morgan fingerprint density at radius 2 is 1.78 bits per heavy atom. The third-order valence-corrected chi connectivity index (χ3v) is 7.13. The molecule has 27 heavy (non-hydrogen) atoms. The van der Waals surface area contributed by atoms with Crippen molar-refractivity contribution in [2.24, 2.45) is 0 Å². The van der Waals surface area contributed by atoms with Crippen molar-refractivity contribution in [3.63, 3.8) is 0 Å². The molecule has 5 nitrogen and oxygen atoms in total. The van der Waals surface area contributed by atoms with Crippen LogP contribution < -0.4 is 5.32 Å². The second-order valence-corrected chi connectivity index (χ2v) is 9.15. The highest BCUT2D eigenvalue weighted by Crippen LogP contribution is 2.25. The van der Waals surface area contributed by atoms with Crippen molar-refractivity contribution in [3.05, 3.63) is 59.2 Å². The first kappa shape index (κ1) is 19.6. The smallest absolute Gasteiger partial charge is 0.255 e. The molecule has 0 saturated carbocycles. The van der Waals surface area contributed by atoms with Gasteiger partial charge >= 0.3 is 0 Å². The number of piperidine rings is 1. The molecule has 1 amide bonds. The fraction of sp³-hybridized carbons (Fsp3) is 0.381. The quantitative estimate of drug-likeness (QED) is 0.859. The minimum absolute atomic E-state index is 0.0102. The third kappa shape index (κ3) is 4.22. The molecule has 1 heterocycles. The summed E-state index contributed by atoms with van der Waals surface area (Å²) in [5, 5.41) is 2.90. The number of anilines is 1. The maximum Gasteiger partial charge on any atom is 0.255 e. The van der Waals surface area contributed by atoms with E-state index >= 15 is 0 Å². The summed E-state index contributed by atoms with van der Waals surface area (Å²) in [5.41, 5.74) is 3.24. The number of nitrogens with one attached hydrogen (secondary N) is 1. The van der Waals surface area contributed by atoms with Gasteiger partial charge in [0.25, 0.3) is 5.91 Å². The van der Waals surface area contributed by atoms with E-state index in [1.54, 1.807) is 16.4 Å². The molecule has 2 aromatic carbocycles. The predicted molar refractivity (Wildman–Crippen MR) is 108 cm³/mol. The molecule has 1 aliphatic rings. The highest BCUT2D eigenvalue weighted by Gasteiger charge is 2.30. The minimum Gasteiger partial charge on any atom is -0.322 e. The summed E-state index contributed by atoms with van der Waals surface area (Å²) < 4.78 is 27.3. The number of amides is 1. The van der Waals surface area contributed by atoms with Gasteiger partial charge < -0.3 is 5.32 Å². The summed E-state index contributed by atoms with van der Waals surface area (Å²) in [5.74, 6) is -0.251. The van der Waals surface area contributed by atoms with Crippen LogP contribution in [0.3, 0.4) is 0 Å². The van der Waals surface area contributed by atoms with Gasteiger partial charge in [-0.2, -0.15) is 4.31 Å². The van der Waals surface area contributed by atoms with E-state index in [-0.39, 0.29) is 16.8 Å². The fourth-order valence-electron chi connectivity index (χ4n) is 3.41. The second kappa shape index (κ2) is 7.82. The van der Waals surface area contributed by atoms with Crippen LogP contribution in [0.5, 0.6) is 0 Å². The average molecular weight is 387 g/mol. The molecule has 1 atom stereocenters. The number of benzene rings is 2. The van der Waals surface area contributed by atoms with E-state index in [1.165, 1.54) is 12.1 Å². The largest absolute Gasteiger partial charge is 0.322 e. The monoisotopic (exact) mass is 386 g/mol. The Labute approximate surface area is 161 Å². The number of sulfonamides is 1. The Hall–Kier alpha value is -2.18. The lowest BCUT2D eigenvalue weighted by molar-refractivity contribution is 0.102. The molecular formula is C21H26N2O3S. The topological polar surface area (TPSA) is 66.5 Å². The van der Waals surface area contributed by atoms with E-state index in [4.69, 9.17) is 0 Å². The summed E-state index contributed by atoms with van der Waals surface area (Å²) in [4.78, 5) is 12.8. The van der Waals surface area contributed by atoms with Gasteiger partial charge in [-0.3, -0.25) is 4.79 Å². The molecular weight excluding hydrogens is 360 g/mol. The van der Waals surface area contributed by atoms with Gasteiger partial charge in [-0.25, -0.2) is 8.42 Å². The summed E-state index contributed by atoms with van der Waals surface area (Å²) in [6, 6.07) is 12.1. The van der Waals surface area contributed by atoms with Crippen LogP contribution in [0.1, 0.15) is 47.7 Å². The molecule has 2 aromatic rings. The Morgan fingerprint density at radius 1 is 1.07 bits per heavy atom. The summed E-state index contributed by atoms with van der Waals surface area (Å²) in [6.07, 6.45) is 2.83. The predicted octanol–water partition coefficient (Wildman–Crippen LogP) is 4.12. The van der Waals surface area contributed by atoms with Gasteiger partial charge in [0.2, 0.25) is 10.0 Å². The van der Waals surface area contributed by atoms with Gasteiger partial charge in [-0.15, -0.1) is 0 Å². The number of carbonyl (C=O) groups is 1. The van der Waals surface area contributed by atoms with Gasteiger partial charge in [0.05, 0.1) is 4.90 Å². The minimum atomic E-state index is -3.52. The Bertz CT molecular complexity index is 936. The van der Waals surface area contributed by atoms with Gasteiger partial charge in [-0.1, -0.05) is 18.6 Å². The highest BCUT2D eigenvalue weighted by molar-refractivity contribution is 7.89. The number of nitrogens with zero attached hydrogens (tertiary/aromatic N) is 1. The zero-order chi connectivity index (χ0) is 19.6. The van der Waals surface area contributed by atoms with Crippen LogP contribution in [-0.4, -0.2) is 31.2 Å². The Morgan fingerprint density at radius 3 is 2.44 bits per heavy atom. The average Bonchev–Trinajstić information content (AvgIpc) is 2.65. The standard InChI is InChI=1S/C21H26N2O3S/c1-15-7-8-16(2)20(14-15)22-21(24)18-9-11-19(12-10-18)27(25,26)23-13-5-4-6-17(23)3/h7-12,14,17H,4-6,13H2,1-3H3,(H,22,24)/t17-/m0/s1. The molecule has 1 fully saturated rings. The molecule has 0 aliphatic carbocycles. The SMILES string of the molecule is Cc1ccc(C)c(NC(=O)c2ccc(S(=O)(=O)N3CCCC[C@@H]3C)cc2)c1. The molecule has 0 aromatic heterocycles. The fourth-order valence-corrected chi connectivity index (χ4v) is 5.11.